The standard InChI is InChI=1S/C9H13BrN2O2S.ClH/c1-7-2-3-8(6-9(7)10)15(13,14)12-5-4-11;/h2-3,6,12H,4-5,11H2,1H3;1H. The van der Waals surface area contributed by atoms with Crippen molar-refractivity contribution < 1.29 is 8.42 Å². The second-order valence-corrected chi connectivity index (χ2v) is 5.72. The van der Waals surface area contributed by atoms with Crippen molar-refractivity contribution in [3.63, 3.8) is 0 Å². The lowest BCUT2D eigenvalue weighted by atomic mass is 10.2. The molecule has 0 spiro atoms. The highest BCUT2D eigenvalue weighted by molar-refractivity contribution is 9.10. The largest absolute Gasteiger partial charge is 0.329 e. The number of hydrogen-bond donors (Lipinski definition) is 2. The first-order chi connectivity index (χ1) is 6.97. The van der Waals surface area contributed by atoms with E-state index in [0.717, 1.165) is 10.0 Å². The predicted molar refractivity (Wildman–Crippen MR) is 70.4 cm³/mol. The third-order valence-electron chi connectivity index (χ3n) is 1.89. The molecule has 0 saturated carbocycles. The molecule has 0 unspecified atom stereocenters. The van der Waals surface area contributed by atoms with E-state index in [-0.39, 0.29) is 30.4 Å². The van der Waals surface area contributed by atoms with E-state index in [1.165, 1.54) is 0 Å². The highest BCUT2D eigenvalue weighted by atomic mass is 79.9. The van der Waals surface area contributed by atoms with Gasteiger partial charge in [0.15, 0.2) is 0 Å². The summed E-state index contributed by atoms with van der Waals surface area (Å²) in [4.78, 5) is 0.244. The molecule has 0 heterocycles. The van der Waals surface area contributed by atoms with E-state index < -0.39 is 10.0 Å². The number of benzene rings is 1. The summed E-state index contributed by atoms with van der Waals surface area (Å²) in [5, 5.41) is 0. The van der Waals surface area contributed by atoms with Crippen molar-refractivity contribution in [1.29, 1.82) is 0 Å². The molecule has 92 valence electrons. The van der Waals surface area contributed by atoms with Crippen LogP contribution >= 0.6 is 28.3 Å². The number of hydrogen-bond acceptors (Lipinski definition) is 3. The average Bonchev–Trinajstić information content (AvgIpc) is 2.19. The van der Waals surface area contributed by atoms with Crippen LogP contribution in [-0.2, 0) is 10.0 Å². The highest BCUT2D eigenvalue weighted by Gasteiger charge is 2.13. The summed E-state index contributed by atoms with van der Waals surface area (Å²) < 4.78 is 26.5. The molecule has 0 saturated heterocycles. The number of aryl methyl sites for hydroxylation is 1. The van der Waals surface area contributed by atoms with Crippen LogP contribution in [0.15, 0.2) is 27.6 Å². The molecule has 1 aromatic carbocycles. The van der Waals surface area contributed by atoms with Gasteiger partial charge in [-0.25, -0.2) is 13.1 Å². The zero-order valence-corrected chi connectivity index (χ0v) is 12.0. The van der Waals surface area contributed by atoms with Crippen molar-refractivity contribution in [1.82, 2.24) is 4.72 Å². The van der Waals surface area contributed by atoms with Crippen LogP contribution in [0.25, 0.3) is 0 Å². The minimum absolute atomic E-state index is 0. The Morgan fingerprint density at radius 2 is 2.06 bits per heavy atom. The van der Waals surface area contributed by atoms with Crippen LogP contribution in [0.1, 0.15) is 5.56 Å². The molecule has 1 rings (SSSR count). The molecule has 0 amide bonds. The fourth-order valence-electron chi connectivity index (χ4n) is 1.02. The SMILES string of the molecule is Cc1ccc(S(=O)(=O)NCCN)cc1Br.Cl. The van der Waals surface area contributed by atoms with Gasteiger partial charge in [0.1, 0.15) is 0 Å². The minimum atomic E-state index is -3.42. The molecule has 0 aromatic heterocycles. The average molecular weight is 330 g/mol. The normalized spacial score (nSPS) is 10.9. The maximum absolute atomic E-state index is 11.7. The summed E-state index contributed by atoms with van der Waals surface area (Å²) in [5.41, 5.74) is 6.22. The number of nitrogens with two attached hydrogens (primary N) is 1. The number of halogens is 2. The Balaban J connectivity index is 0.00000225. The smallest absolute Gasteiger partial charge is 0.240 e. The van der Waals surface area contributed by atoms with Crippen molar-refractivity contribution in [3.05, 3.63) is 28.2 Å². The molecule has 0 aliphatic carbocycles. The maximum atomic E-state index is 11.7. The quantitative estimate of drug-likeness (QED) is 0.877. The second-order valence-electron chi connectivity index (χ2n) is 3.10. The van der Waals surface area contributed by atoms with Gasteiger partial charge >= 0.3 is 0 Å². The van der Waals surface area contributed by atoms with Crippen LogP contribution in [0, 0.1) is 6.92 Å². The molecule has 1 aromatic rings. The van der Waals surface area contributed by atoms with E-state index in [4.69, 9.17) is 5.73 Å². The molecule has 7 heteroatoms. The molecule has 0 aliphatic rings. The molecule has 0 fully saturated rings. The fourth-order valence-corrected chi connectivity index (χ4v) is 2.62. The first-order valence-electron chi connectivity index (χ1n) is 4.43. The fraction of sp³-hybridized carbons (Fsp3) is 0.333. The molecular formula is C9H14BrClN2O2S. The van der Waals surface area contributed by atoms with E-state index >= 15 is 0 Å². The van der Waals surface area contributed by atoms with Crippen LogP contribution in [-0.4, -0.2) is 21.5 Å². The lowest BCUT2D eigenvalue weighted by molar-refractivity contribution is 0.582. The van der Waals surface area contributed by atoms with Crippen LogP contribution in [0.4, 0.5) is 0 Å². The molecule has 0 atom stereocenters. The second kappa shape index (κ2) is 6.56. The molecule has 0 bridgehead atoms. The van der Waals surface area contributed by atoms with Crippen molar-refractivity contribution >= 4 is 38.4 Å². The molecule has 4 nitrogen and oxygen atoms in total. The summed E-state index contributed by atoms with van der Waals surface area (Å²) in [6, 6.07) is 4.90. The van der Waals surface area contributed by atoms with Crippen LogP contribution in [0.3, 0.4) is 0 Å². The van der Waals surface area contributed by atoms with Gasteiger partial charge in [0.25, 0.3) is 0 Å². The molecule has 3 N–H and O–H groups in total. The predicted octanol–water partition coefficient (Wildman–Crippen LogP) is 1.42. The van der Waals surface area contributed by atoms with Crippen LogP contribution < -0.4 is 10.5 Å². The zero-order chi connectivity index (χ0) is 11.5. The Bertz CT molecular complexity index is 451. The lowest BCUT2D eigenvalue weighted by Crippen LogP contribution is -2.29. The topological polar surface area (TPSA) is 72.2 Å². The Kier molecular flexibility index (Phi) is 6.50. The van der Waals surface area contributed by atoms with E-state index in [1.54, 1.807) is 18.2 Å². The van der Waals surface area contributed by atoms with Gasteiger partial charge in [-0.2, -0.15) is 0 Å². The Morgan fingerprint density at radius 3 is 2.56 bits per heavy atom. The summed E-state index contributed by atoms with van der Waals surface area (Å²) in [7, 11) is -3.42. The summed E-state index contributed by atoms with van der Waals surface area (Å²) in [6.07, 6.45) is 0. The third kappa shape index (κ3) is 4.03. The summed E-state index contributed by atoms with van der Waals surface area (Å²) in [5.74, 6) is 0. The van der Waals surface area contributed by atoms with E-state index in [0.29, 0.717) is 0 Å². The van der Waals surface area contributed by atoms with Crippen molar-refractivity contribution in [2.45, 2.75) is 11.8 Å². The Labute approximate surface area is 110 Å². The number of rotatable bonds is 4. The number of sulfonamides is 1. The monoisotopic (exact) mass is 328 g/mol. The van der Waals surface area contributed by atoms with Crippen molar-refractivity contribution in [2.75, 3.05) is 13.1 Å². The van der Waals surface area contributed by atoms with Crippen LogP contribution in [0.5, 0.6) is 0 Å². The first-order valence-corrected chi connectivity index (χ1v) is 6.71. The lowest BCUT2D eigenvalue weighted by Gasteiger charge is -2.06. The van der Waals surface area contributed by atoms with E-state index in [2.05, 4.69) is 20.7 Å². The molecule has 0 radical (unpaired) electrons. The van der Waals surface area contributed by atoms with Gasteiger partial charge in [0.05, 0.1) is 4.90 Å². The van der Waals surface area contributed by atoms with E-state index in [1.807, 2.05) is 6.92 Å². The Hall–Kier alpha value is -0.140. The third-order valence-corrected chi connectivity index (χ3v) is 4.20. The van der Waals surface area contributed by atoms with Gasteiger partial charge in [0, 0.05) is 17.6 Å². The van der Waals surface area contributed by atoms with Gasteiger partial charge in [-0.3, -0.25) is 0 Å². The molecule has 0 aliphatic heterocycles. The summed E-state index contributed by atoms with van der Waals surface area (Å²) >= 11 is 3.29. The molecule has 16 heavy (non-hydrogen) atoms. The molecular weight excluding hydrogens is 316 g/mol. The zero-order valence-electron chi connectivity index (χ0n) is 8.73. The maximum Gasteiger partial charge on any atom is 0.240 e. The van der Waals surface area contributed by atoms with Crippen molar-refractivity contribution in [2.24, 2.45) is 5.73 Å². The van der Waals surface area contributed by atoms with Gasteiger partial charge in [-0.15, -0.1) is 12.4 Å². The summed E-state index contributed by atoms with van der Waals surface area (Å²) in [6.45, 7) is 2.42. The highest BCUT2D eigenvalue weighted by Crippen LogP contribution is 2.20. The van der Waals surface area contributed by atoms with Gasteiger partial charge in [-0.1, -0.05) is 22.0 Å². The van der Waals surface area contributed by atoms with Gasteiger partial charge < -0.3 is 5.73 Å². The van der Waals surface area contributed by atoms with E-state index in [9.17, 15) is 8.42 Å². The number of nitrogens with one attached hydrogen (secondary N) is 1. The van der Waals surface area contributed by atoms with Gasteiger partial charge in [0.2, 0.25) is 10.0 Å². The first kappa shape index (κ1) is 15.9. The van der Waals surface area contributed by atoms with Crippen LogP contribution in [0.2, 0.25) is 0 Å². The van der Waals surface area contributed by atoms with Crippen molar-refractivity contribution in [3.8, 4) is 0 Å². The Morgan fingerprint density at radius 1 is 1.44 bits per heavy atom. The minimum Gasteiger partial charge on any atom is -0.329 e. The van der Waals surface area contributed by atoms with Gasteiger partial charge in [-0.05, 0) is 24.6 Å².